The third-order valence-corrected chi connectivity index (χ3v) is 6.61. The maximum absolute atomic E-state index is 13.1. The van der Waals surface area contributed by atoms with Crippen LogP contribution in [-0.4, -0.2) is 42.4 Å². The molecule has 2 amide bonds. The van der Waals surface area contributed by atoms with E-state index in [0.29, 0.717) is 17.4 Å². The van der Waals surface area contributed by atoms with Gasteiger partial charge in [-0.3, -0.25) is 14.4 Å². The number of benzene rings is 2. The third kappa shape index (κ3) is 8.86. The first-order chi connectivity index (χ1) is 16.9. The van der Waals surface area contributed by atoms with E-state index < -0.39 is 5.97 Å². The molecule has 2 aliphatic rings. The van der Waals surface area contributed by atoms with Gasteiger partial charge in [-0.15, -0.1) is 0 Å². The average Bonchev–Trinajstić information content (AvgIpc) is 3.66. The molecule has 1 N–H and O–H groups in total. The fourth-order valence-electron chi connectivity index (χ4n) is 4.14. The van der Waals surface area contributed by atoms with Crippen LogP contribution in [0, 0.1) is 11.8 Å². The first-order valence-electron chi connectivity index (χ1n) is 12.1. The van der Waals surface area contributed by atoms with Gasteiger partial charge in [-0.1, -0.05) is 53.5 Å². The first-order valence-corrected chi connectivity index (χ1v) is 12.8. The lowest BCUT2D eigenvalue weighted by atomic mass is 9.86. The summed E-state index contributed by atoms with van der Waals surface area (Å²) >= 11 is 11.5. The highest BCUT2D eigenvalue weighted by Gasteiger charge is 2.39. The number of halogens is 2. The van der Waals surface area contributed by atoms with E-state index in [-0.39, 0.29) is 43.3 Å². The Hall–Kier alpha value is -2.57. The van der Waals surface area contributed by atoms with Gasteiger partial charge < -0.3 is 15.0 Å². The Labute approximate surface area is 216 Å². The number of piperidine rings is 1. The van der Waals surface area contributed by atoms with Crippen LogP contribution in [0.15, 0.2) is 54.6 Å². The third-order valence-electron chi connectivity index (χ3n) is 6.10. The summed E-state index contributed by atoms with van der Waals surface area (Å²) in [6, 6.07) is 17.1. The Morgan fingerprint density at radius 3 is 2.20 bits per heavy atom. The molecule has 35 heavy (non-hydrogen) atoms. The molecule has 1 saturated carbocycles. The van der Waals surface area contributed by atoms with Gasteiger partial charge in [0.1, 0.15) is 6.54 Å². The van der Waals surface area contributed by atoms with Crippen molar-refractivity contribution in [1.82, 2.24) is 10.2 Å². The van der Waals surface area contributed by atoms with Crippen LogP contribution in [0.25, 0.3) is 0 Å². The molecule has 4 rings (SSSR count). The van der Waals surface area contributed by atoms with Gasteiger partial charge >= 0.3 is 5.97 Å². The summed E-state index contributed by atoms with van der Waals surface area (Å²) in [7, 11) is 0. The van der Waals surface area contributed by atoms with Crippen molar-refractivity contribution in [1.29, 1.82) is 0 Å². The number of rotatable bonds is 8. The number of esters is 1. The number of carbonyl (C=O) groups excluding carboxylic acids is 3. The van der Waals surface area contributed by atoms with Crippen LogP contribution >= 0.6 is 23.2 Å². The summed E-state index contributed by atoms with van der Waals surface area (Å²) in [6.45, 7) is 2.57. The van der Waals surface area contributed by atoms with Gasteiger partial charge in [-0.2, -0.15) is 0 Å². The molecule has 1 unspecified atom stereocenters. The summed E-state index contributed by atoms with van der Waals surface area (Å²) in [5, 5.41) is 4.02. The van der Waals surface area contributed by atoms with E-state index in [1.54, 1.807) is 6.92 Å². The van der Waals surface area contributed by atoms with Crippen LogP contribution in [0.5, 0.6) is 0 Å². The normalized spacial score (nSPS) is 19.4. The van der Waals surface area contributed by atoms with Crippen molar-refractivity contribution >= 4 is 41.0 Å². The molecule has 0 bridgehead atoms. The molecule has 0 aromatic heterocycles. The summed E-state index contributed by atoms with van der Waals surface area (Å²) in [6.07, 6.45) is 3.88. The Morgan fingerprint density at radius 1 is 0.971 bits per heavy atom. The smallest absolute Gasteiger partial charge is 0.325 e. The molecule has 6 nitrogen and oxygen atoms in total. The second-order valence-corrected chi connectivity index (χ2v) is 9.73. The number of nitrogens with one attached hydrogen (secondary N) is 1. The van der Waals surface area contributed by atoms with E-state index in [2.05, 4.69) is 5.32 Å². The molecule has 188 valence electrons. The van der Waals surface area contributed by atoms with Crippen molar-refractivity contribution in [2.75, 3.05) is 19.7 Å². The average molecular weight is 519 g/mol. The SMILES string of the molecule is CCOC(=O)CNC(=O)CC1CC[C@@H](c2ccc(Cl)cc2)N(CC2CC2)C1=O.Clc1ccccc1. The van der Waals surface area contributed by atoms with Gasteiger partial charge in [0.15, 0.2) is 0 Å². The van der Waals surface area contributed by atoms with Crippen molar-refractivity contribution in [3.8, 4) is 0 Å². The molecular formula is C27H32Cl2N2O4. The first kappa shape index (κ1) is 27.0. The van der Waals surface area contributed by atoms with Gasteiger partial charge in [-0.05, 0) is 68.4 Å². The zero-order valence-corrected chi connectivity index (χ0v) is 21.4. The van der Waals surface area contributed by atoms with Crippen molar-refractivity contribution < 1.29 is 19.1 Å². The van der Waals surface area contributed by atoms with Crippen LogP contribution < -0.4 is 5.32 Å². The molecule has 1 heterocycles. The minimum absolute atomic E-state index is 0.0317. The second kappa shape index (κ2) is 13.5. The zero-order chi connectivity index (χ0) is 25.2. The van der Waals surface area contributed by atoms with Gasteiger partial charge in [0.05, 0.1) is 12.6 Å². The lowest BCUT2D eigenvalue weighted by Gasteiger charge is -2.40. The van der Waals surface area contributed by atoms with Gasteiger partial charge in [0.2, 0.25) is 11.8 Å². The second-order valence-electron chi connectivity index (χ2n) is 8.86. The van der Waals surface area contributed by atoms with Crippen LogP contribution in [-0.2, 0) is 19.1 Å². The van der Waals surface area contributed by atoms with Gasteiger partial charge in [-0.25, -0.2) is 0 Å². The highest BCUT2D eigenvalue weighted by atomic mass is 35.5. The van der Waals surface area contributed by atoms with Crippen molar-refractivity contribution in [2.24, 2.45) is 11.8 Å². The number of hydrogen-bond acceptors (Lipinski definition) is 4. The molecular weight excluding hydrogens is 487 g/mol. The maximum atomic E-state index is 13.1. The minimum atomic E-state index is -0.469. The van der Waals surface area contributed by atoms with Crippen molar-refractivity contribution in [2.45, 2.75) is 45.1 Å². The molecule has 1 aliphatic heterocycles. The van der Waals surface area contributed by atoms with Crippen LogP contribution in [0.3, 0.4) is 0 Å². The molecule has 2 atom stereocenters. The summed E-state index contributed by atoms with van der Waals surface area (Å²) in [4.78, 5) is 38.7. The fourth-order valence-corrected chi connectivity index (χ4v) is 4.41. The van der Waals surface area contributed by atoms with E-state index in [0.717, 1.165) is 36.4 Å². The molecule has 0 spiro atoms. The quantitative estimate of drug-likeness (QED) is 0.472. The van der Waals surface area contributed by atoms with E-state index in [9.17, 15) is 14.4 Å². The number of amides is 2. The predicted octanol–water partition coefficient (Wildman–Crippen LogP) is 5.44. The summed E-state index contributed by atoms with van der Waals surface area (Å²) in [5.41, 5.74) is 1.09. The number of carbonyl (C=O) groups is 3. The van der Waals surface area contributed by atoms with Gasteiger partial charge in [0.25, 0.3) is 0 Å². The lowest BCUT2D eigenvalue weighted by molar-refractivity contribution is -0.145. The minimum Gasteiger partial charge on any atom is -0.465 e. The number of nitrogens with zero attached hydrogens (tertiary/aromatic N) is 1. The maximum Gasteiger partial charge on any atom is 0.325 e. The van der Waals surface area contributed by atoms with E-state index in [4.69, 9.17) is 27.9 Å². The van der Waals surface area contributed by atoms with Crippen LogP contribution in [0.4, 0.5) is 0 Å². The molecule has 1 saturated heterocycles. The number of ether oxygens (including phenoxy) is 1. The molecule has 2 aromatic rings. The highest BCUT2D eigenvalue weighted by Crippen LogP contribution is 2.39. The van der Waals surface area contributed by atoms with E-state index in [1.165, 1.54) is 0 Å². The highest BCUT2D eigenvalue weighted by molar-refractivity contribution is 6.30. The van der Waals surface area contributed by atoms with Gasteiger partial charge in [0, 0.05) is 28.9 Å². The Bertz CT molecular complexity index is 980. The van der Waals surface area contributed by atoms with Crippen LogP contribution in [0.1, 0.15) is 50.6 Å². The monoisotopic (exact) mass is 518 g/mol. The van der Waals surface area contributed by atoms with Crippen molar-refractivity contribution in [3.05, 3.63) is 70.2 Å². The molecule has 8 heteroatoms. The molecule has 2 fully saturated rings. The lowest BCUT2D eigenvalue weighted by Crippen LogP contribution is -2.46. The standard InChI is InChI=1S/C21H27ClN2O4.C6H5Cl/c1-2-28-20(26)12-23-19(25)11-16-7-10-18(15-5-8-17(22)9-6-15)24(21(16)27)13-14-3-4-14;7-6-4-2-1-3-5-6/h5-6,8-9,14,16,18H,2-4,7,10-13H2,1H3,(H,23,25);1-5H/t16?,18-;/m0./s1. The zero-order valence-electron chi connectivity index (χ0n) is 19.9. The summed E-state index contributed by atoms with van der Waals surface area (Å²) < 4.78 is 4.80. The van der Waals surface area contributed by atoms with Crippen molar-refractivity contribution in [3.63, 3.8) is 0 Å². The molecule has 0 radical (unpaired) electrons. The Kier molecular flexibility index (Phi) is 10.4. The van der Waals surface area contributed by atoms with Crippen LogP contribution in [0.2, 0.25) is 10.0 Å². The molecule has 1 aliphatic carbocycles. The van der Waals surface area contributed by atoms with E-state index in [1.807, 2.05) is 59.5 Å². The molecule has 2 aromatic carbocycles. The predicted molar refractivity (Wildman–Crippen MR) is 137 cm³/mol. The van der Waals surface area contributed by atoms with E-state index >= 15 is 0 Å². The number of likely N-dealkylation sites (tertiary alicyclic amines) is 1. The topological polar surface area (TPSA) is 75.7 Å². The Balaban J connectivity index is 0.000000420. The Morgan fingerprint density at radius 2 is 1.63 bits per heavy atom. The largest absolute Gasteiger partial charge is 0.465 e. The fraction of sp³-hybridized carbons (Fsp3) is 0.444. The number of hydrogen-bond donors (Lipinski definition) is 1. The summed E-state index contributed by atoms with van der Waals surface area (Å²) in [5.74, 6) is -0.504.